The summed E-state index contributed by atoms with van der Waals surface area (Å²) >= 11 is 0. The van der Waals surface area contributed by atoms with Gasteiger partial charge >= 0.3 is 0 Å². The number of nitrogens with zero attached hydrogens (tertiary/aromatic N) is 2. The van der Waals surface area contributed by atoms with E-state index in [0.717, 1.165) is 16.7 Å². The zero-order valence-electron chi connectivity index (χ0n) is 10.6. The van der Waals surface area contributed by atoms with Crippen LogP contribution in [0.5, 0.6) is 0 Å². The third-order valence-electron chi connectivity index (χ3n) is 3.21. The first-order chi connectivity index (χ1) is 7.98. The average Bonchev–Trinajstić information content (AvgIpc) is 2.80. The van der Waals surface area contributed by atoms with Crippen LogP contribution in [0.25, 0.3) is 21.9 Å². The molecule has 2 heterocycles. The molecule has 0 aliphatic rings. The van der Waals surface area contributed by atoms with E-state index < -0.39 is 0 Å². The summed E-state index contributed by atoms with van der Waals surface area (Å²) < 4.78 is 7.55. The van der Waals surface area contributed by atoms with E-state index in [4.69, 9.17) is 4.52 Å². The molecule has 0 N–H and O–H groups in total. The molecule has 0 fully saturated rings. The minimum atomic E-state index is -0.00459. The Morgan fingerprint density at radius 3 is 2.65 bits per heavy atom. The highest BCUT2D eigenvalue weighted by Gasteiger charge is 2.23. The summed E-state index contributed by atoms with van der Waals surface area (Å²) in [4.78, 5) is 0. The van der Waals surface area contributed by atoms with Gasteiger partial charge in [-0.15, -0.1) is 0 Å². The van der Waals surface area contributed by atoms with Crippen molar-refractivity contribution in [2.24, 2.45) is 7.05 Å². The highest BCUT2D eigenvalue weighted by atomic mass is 16.5. The van der Waals surface area contributed by atoms with E-state index >= 15 is 0 Å². The summed E-state index contributed by atoms with van der Waals surface area (Å²) in [5.41, 5.74) is 3.11. The minimum Gasteiger partial charge on any atom is -0.356 e. The Morgan fingerprint density at radius 2 is 1.94 bits per heavy atom. The molecular weight excluding hydrogens is 212 g/mol. The van der Waals surface area contributed by atoms with Crippen molar-refractivity contribution >= 4 is 21.9 Å². The van der Waals surface area contributed by atoms with Crippen LogP contribution in [0, 0.1) is 0 Å². The fourth-order valence-electron chi connectivity index (χ4n) is 2.30. The van der Waals surface area contributed by atoms with Gasteiger partial charge in [0.1, 0.15) is 0 Å². The Balaban J connectivity index is 2.51. The molecular formula is C14H16N2O. The maximum atomic E-state index is 5.43. The summed E-state index contributed by atoms with van der Waals surface area (Å²) in [7, 11) is 2.05. The number of hydrogen-bond donors (Lipinski definition) is 0. The van der Waals surface area contributed by atoms with Crippen LogP contribution in [0.3, 0.4) is 0 Å². The van der Waals surface area contributed by atoms with Crippen molar-refractivity contribution in [2.75, 3.05) is 0 Å². The van der Waals surface area contributed by atoms with Crippen molar-refractivity contribution < 1.29 is 4.52 Å². The lowest BCUT2D eigenvalue weighted by Crippen LogP contribution is -2.11. The summed E-state index contributed by atoms with van der Waals surface area (Å²) in [6, 6.07) is 6.21. The lowest BCUT2D eigenvalue weighted by Gasteiger charge is -2.14. The summed E-state index contributed by atoms with van der Waals surface area (Å²) in [5.74, 6) is 0. The smallest absolute Gasteiger partial charge is 0.167 e. The Labute approximate surface area is 100 Å². The second-order valence-corrected chi connectivity index (χ2v) is 5.58. The zero-order chi connectivity index (χ0) is 12.2. The predicted molar refractivity (Wildman–Crippen MR) is 69.2 cm³/mol. The summed E-state index contributed by atoms with van der Waals surface area (Å²) in [6.45, 7) is 6.48. The van der Waals surface area contributed by atoms with Crippen LogP contribution < -0.4 is 0 Å². The maximum absolute atomic E-state index is 5.43. The monoisotopic (exact) mass is 228 g/mol. The van der Waals surface area contributed by atoms with E-state index in [2.05, 4.69) is 55.9 Å². The van der Waals surface area contributed by atoms with Crippen molar-refractivity contribution in [3.8, 4) is 0 Å². The van der Waals surface area contributed by atoms with Crippen molar-refractivity contribution in [1.82, 2.24) is 9.72 Å². The van der Waals surface area contributed by atoms with Gasteiger partial charge in [0.25, 0.3) is 0 Å². The molecule has 0 saturated carbocycles. The van der Waals surface area contributed by atoms with Crippen molar-refractivity contribution in [3.05, 3.63) is 30.1 Å². The average molecular weight is 228 g/mol. The fourth-order valence-corrected chi connectivity index (χ4v) is 2.30. The van der Waals surface area contributed by atoms with Crippen LogP contribution in [0.15, 0.2) is 28.9 Å². The van der Waals surface area contributed by atoms with Crippen LogP contribution in [0.4, 0.5) is 0 Å². The molecule has 88 valence electrons. The molecule has 3 aromatic rings. The van der Waals surface area contributed by atoms with E-state index in [1.807, 2.05) is 6.07 Å². The number of fused-ring (bicyclic) bond motifs is 3. The van der Waals surface area contributed by atoms with Gasteiger partial charge in [-0.3, -0.25) is 0 Å². The molecule has 0 atom stereocenters. The molecule has 2 aromatic heterocycles. The molecule has 0 unspecified atom stereocenters. The van der Waals surface area contributed by atoms with Crippen molar-refractivity contribution in [3.63, 3.8) is 0 Å². The van der Waals surface area contributed by atoms with Crippen molar-refractivity contribution in [2.45, 2.75) is 26.2 Å². The number of rotatable bonds is 0. The van der Waals surface area contributed by atoms with Crippen LogP contribution in [0.1, 0.15) is 26.5 Å². The van der Waals surface area contributed by atoms with Gasteiger partial charge in [0, 0.05) is 29.6 Å². The van der Waals surface area contributed by atoms with Crippen LogP contribution >= 0.6 is 0 Å². The largest absolute Gasteiger partial charge is 0.356 e. The number of aryl methyl sites for hydroxylation is 1. The van der Waals surface area contributed by atoms with Crippen LogP contribution in [-0.4, -0.2) is 9.72 Å². The van der Waals surface area contributed by atoms with E-state index in [1.54, 1.807) is 0 Å². The highest BCUT2D eigenvalue weighted by Crippen LogP contribution is 2.34. The van der Waals surface area contributed by atoms with Gasteiger partial charge in [-0.1, -0.05) is 25.9 Å². The minimum absolute atomic E-state index is 0.00459. The molecule has 0 saturated heterocycles. The molecule has 0 spiro atoms. The second-order valence-electron chi connectivity index (χ2n) is 5.58. The molecule has 3 nitrogen and oxygen atoms in total. The highest BCUT2D eigenvalue weighted by molar-refractivity contribution is 6.06. The van der Waals surface area contributed by atoms with Gasteiger partial charge in [0.2, 0.25) is 0 Å². The van der Waals surface area contributed by atoms with Gasteiger partial charge in [0.05, 0.1) is 11.1 Å². The van der Waals surface area contributed by atoms with E-state index in [9.17, 15) is 0 Å². The van der Waals surface area contributed by atoms with Crippen molar-refractivity contribution in [1.29, 1.82) is 0 Å². The fraction of sp³-hybridized carbons (Fsp3) is 0.357. The van der Waals surface area contributed by atoms with E-state index in [0.29, 0.717) is 0 Å². The zero-order valence-corrected chi connectivity index (χ0v) is 10.6. The van der Waals surface area contributed by atoms with Gasteiger partial charge in [-0.2, -0.15) is 0 Å². The van der Waals surface area contributed by atoms with E-state index in [-0.39, 0.29) is 5.41 Å². The Kier molecular flexibility index (Phi) is 1.91. The summed E-state index contributed by atoms with van der Waals surface area (Å²) in [6.07, 6.45) is 2.07. The molecule has 17 heavy (non-hydrogen) atoms. The van der Waals surface area contributed by atoms with Gasteiger partial charge in [-0.25, -0.2) is 0 Å². The first-order valence-corrected chi connectivity index (χ1v) is 5.82. The molecule has 0 radical (unpaired) electrons. The van der Waals surface area contributed by atoms with Crippen LogP contribution in [0.2, 0.25) is 0 Å². The summed E-state index contributed by atoms with van der Waals surface area (Å²) in [5, 5.41) is 6.61. The first kappa shape index (κ1) is 10.4. The molecule has 1 aromatic carbocycles. The molecule has 3 rings (SSSR count). The van der Waals surface area contributed by atoms with Gasteiger partial charge in [0.15, 0.2) is 5.58 Å². The molecule has 3 heteroatoms. The third kappa shape index (κ3) is 1.38. The number of benzene rings is 1. The Hall–Kier alpha value is -1.77. The molecule has 0 bridgehead atoms. The van der Waals surface area contributed by atoms with E-state index in [1.165, 1.54) is 10.9 Å². The molecule has 0 amide bonds. The Morgan fingerprint density at radius 1 is 1.18 bits per heavy atom. The standard InChI is InChI=1S/C14H16N2O/c1-14(2,3)13-12-9-7-8-16(4)10(9)5-6-11(12)17-15-13/h5-8H,1-4H3. The van der Waals surface area contributed by atoms with Gasteiger partial charge < -0.3 is 9.09 Å². The lowest BCUT2D eigenvalue weighted by molar-refractivity contribution is 0.419. The molecule has 0 aliphatic carbocycles. The normalized spacial score (nSPS) is 12.7. The predicted octanol–water partition coefficient (Wildman–Crippen LogP) is 3.62. The molecule has 0 aliphatic heterocycles. The first-order valence-electron chi connectivity index (χ1n) is 5.82. The topological polar surface area (TPSA) is 31.0 Å². The Bertz CT molecular complexity index is 698. The number of aromatic nitrogens is 2. The van der Waals surface area contributed by atoms with Gasteiger partial charge in [-0.05, 0) is 18.2 Å². The second kappa shape index (κ2) is 3.13. The SMILES string of the molecule is Cn1ccc2c3c(C(C)(C)C)noc3ccc21. The quantitative estimate of drug-likeness (QED) is 0.588. The number of hydrogen-bond acceptors (Lipinski definition) is 2. The van der Waals surface area contributed by atoms with Crippen LogP contribution in [-0.2, 0) is 12.5 Å². The third-order valence-corrected chi connectivity index (χ3v) is 3.21. The maximum Gasteiger partial charge on any atom is 0.167 e. The lowest BCUT2D eigenvalue weighted by atomic mass is 9.89.